The maximum atomic E-state index is 12.7. The van der Waals surface area contributed by atoms with Gasteiger partial charge in [0.2, 0.25) is 0 Å². The monoisotopic (exact) mass is 290 g/mol. The van der Waals surface area contributed by atoms with E-state index < -0.39 is 17.8 Å². The molecule has 0 atom stereocenters. The molecular formula is C12H13F3N2O3. The zero-order valence-electron chi connectivity index (χ0n) is 10.4. The Morgan fingerprint density at radius 2 is 1.95 bits per heavy atom. The van der Waals surface area contributed by atoms with Crippen LogP contribution in [0.1, 0.15) is 5.56 Å². The average molecular weight is 290 g/mol. The van der Waals surface area contributed by atoms with Gasteiger partial charge in [-0.15, -0.1) is 0 Å². The summed E-state index contributed by atoms with van der Waals surface area (Å²) >= 11 is 0. The van der Waals surface area contributed by atoms with Crippen molar-refractivity contribution in [3.63, 3.8) is 0 Å². The lowest BCUT2D eigenvalue weighted by molar-refractivity contribution is -0.137. The van der Waals surface area contributed by atoms with Crippen molar-refractivity contribution < 1.29 is 27.8 Å². The molecule has 20 heavy (non-hydrogen) atoms. The van der Waals surface area contributed by atoms with Crippen molar-refractivity contribution in [2.75, 3.05) is 36.5 Å². The van der Waals surface area contributed by atoms with Crippen molar-refractivity contribution in [3.8, 4) is 0 Å². The van der Waals surface area contributed by atoms with Gasteiger partial charge in [-0.25, -0.2) is 4.79 Å². The van der Waals surface area contributed by atoms with E-state index in [1.165, 1.54) is 6.07 Å². The summed E-state index contributed by atoms with van der Waals surface area (Å²) in [5.74, 6) is 0. The Morgan fingerprint density at radius 1 is 1.30 bits per heavy atom. The first-order valence-corrected chi connectivity index (χ1v) is 5.92. The van der Waals surface area contributed by atoms with E-state index in [0.717, 1.165) is 12.1 Å². The topological polar surface area (TPSA) is 61.8 Å². The summed E-state index contributed by atoms with van der Waals surface area (Å²) in [6.45, 7) is 1.90. The van der Waals surface area contributed by atoms with E-state index in [2.05, 4.69) is 0 Å². The Morgan fingerprint density at radius 3 is 2.50 bits per heavy atom. The molecule has 0 aromatic heterocycles. The summed E-state index contributed by atoms with van der Waals surface area (Å²) in [5, 5.41) is 10.8. The molecule has 1 saturated heterocycles. The minimum atomic E-state index is -4.52. The molecule has 1 fully saturated rings. The lowest BCUT2D eigenvalue weighted by Crippen LogP contribution is -2.36. The highest BCUT2D eigenvalue weighted by Gasteiger charge is 2.31. The van der Waals surface area contributed by atoms with Gasteiger partial charge in [-0.05, 0) is 18.2 Å². The van der Waals surface area contributed by atoms with Crippen LogP contribution < -0.4 is 10.2 Å². The summed E-state index contributed by atoms with van der Waals surface area (Å²) in [4.78, 5) is 12.5. The molecule has 2 rings (SSSR count). The fraction of sp³-hybridized carbons (Fsp3) is 0.417. The van der Waals surface area contributed by atoms with Crippen LogP contribution in [0.25, 0.3) is 0 Å². The van der Waals surface area contributed by atoms with Crippen LogP contribution in [0.15, 0.2) is 18.2 Å². The van der Waals surface area contributed by atoms with Crippen LogP contribution in [-0.4, -0.2) is 37.5 Å². The van der Waals surface area contributed by atoms with Crippen molar-refractivity contribution in [1.29, 1.82) is 0 Å². The number of hydrogen-bond donors (Lipinski definition) is 2. The standard InChI is InChI=1S/C12H13F3N2O3/c13-12(14,15)8-1-2-10(9(7-8)16-11(18)19)17-3-5-20-6-4-17/h1-2,7,16H,3-6H2,(H,18,19). The Kier molecular flexibility index (Phi) is 4.03. The molecule has 2 N–H and O–H groups in total. The second-order valence-electron chi connectivity index (χ2n) is 4.26. The van der Waals surface area contributed by atoms with E-state index in [-0.39, 0.29) is 5.69 Å². The Balaban J connectivity index is 2.36. The van der Waals surface area contributed by atoms with Crippen molar-refractivity contribution in [3.05, 3.63) is 23.8 Å². The summed E-state index contributed by atoms with van der Waals surface area (Å²) in [7, 11) is 0. The Hall–Kier alpha value is -1.96. The molecule has 0 bridgehead atoms. The highest BCUT2D eigenvalue weighted by Crippen LogP contribution is 2.35. The highest BCUT2D eigenvalue weighted by molar-refractivity contribution is 5.88. The number of nitrogens with one attached hydrogen (secondary N) is 1. The molecule has 1 aromatic carbocycles. The van der Waals surface area contributed by atoms with Crippen molar-refractivity contribution >= 4 is 17.5 Å². The first kappa shape index (κ1) is 14.4. The molecule has 5 nitrogen and oxygen atoms in total. The summed E-state index contributed by atoms with van der Waals surface area (Å²) in [5.41, 5.74) is -0.545. The molecule has 0 aliphatic carbocycles. The number of morpholine rings is 1. The Labute approximate surface area is 112 Å². The summed E-state index contributed by atoms with van der Waals surface area (Å²) in [6.07, 6.45) is -5.92. The number of alkyl halides is 3. The number of benzene rings is 1. The minimum Gasteiger partial charge on any atom is -0.465 e. The third-order valence-corrected chi connectivity index (χ3v) is 2.92. The van der Waals surface area contributed by atoms with Crippen molar-refractivity contribution in [2.45, 2.75) is 6.18 Å². The SMILES string of the molecule is O=C(O)Nc1cc(C(F)(F)F)ccc1N1CCOCC1. The van der Waals surface area contributed by atoms with Gasteiger partial charge in [0.15, 0.2) is 0 Å². The minimum absolute atomic E-state index is 0.0748. The largest absolute Gasteiger partial charge is 0.465 e. The second-order valence-corrected chi connectivity index (χ2v) is 4.26. The molecule has 0 spiro atoms. The highest BCUT2D eigenvalue weighted by atomic mass is 19.4. The fourth-order valence-electron chi connectivity index (χ4n) is 2.01. The van der Waals surface area contributed by atoms with E-state index >= 15 is 0 Å². The van der Waals surface area contributed by atoms with E-state index in [0.29, 0.717) is 32.0 Å². The van der Waals surface area contributed by atoms with E-state index in [1.54, 1.807) is 4.90 Å². The van der Waals surface area contributed by atoms with Gasteiger partial charge in [-0.2, -0.15) is 13.2 Å². The van der Waals surface area contributed by atoms with Crippen molar-refractivity contribution in [2.24, 2.45) is 0 Å². The number of anilines is 2. The summed E-state index contributed by atoms with van der Waals surface area (Å²) in [6, 6.07) is 3.02. The van der Waals surface area contributed by atoms with Crippen LogP contribution in [0.4, 0.5) is 29.3 Å². The quantitative estimate of drug-likeness (QED) is 0.879. The maximum absolute atomic E-state index is 12.7. The fourth-order valence-corrected chi connectivity index (χ4v) is 2.01. The number of hydrogen-bond acceptors (Lipinski definition) is 3. The number of ether oxygens (including phenoxy) is 1. The smallest absolute Gasteiger partial charge is 0.416 e. The molecule has 1 aromatic rings. The molecule has 0 unspecified atom stereocenters. The molecule has 0 saturated carbocycles. The van der Waals surface area contributed by atoms with Gasteiger partial charge < -0.3 is 14.7 Å². The summed E-state index contributed by atoms with van der Waals surface area (Å²) < 4.78 is 43.2. The number of nitrogens with zero attached hydrogens (tertiary/aromatic N) is 1. The first-order chi connectivity index (χ1) is 9.38. The number of carbonyl (C=O) groups is 1. The van der Waals surface area contributed by atoms with Gasteiger partial charge in [0.05, 0.1) is 30.2 Å². The average Bonchev–Trinajstić information content (AvgIpc) is 2.38. The molecule has 1 aliphatic heterocycles. The van der Waals surface area contributed by atoms with Gasteiger partial charge >= 0.3 is 12.3 Å². The van der Waals surface area contributed by atoms with Gasteiger partial charge in [-0.3, -0.25) is 5.32 Å². The predicted octanol–water partition coefficient (Wildman–Crippen LogP) is 2.63. The molecule has 8 heteroatoms. The maximum Gasteiger partial charge on any atom is 0.416 e. The van der Waals surface area contributed by atoms with Crippen LogP contribution in [0.3, 0.4) is 0 Å². The number of amides is 1. The molecular weight excluding hydrogens is 277 g/mol. The lowest BCUT2D eigenvalue weighted by atomic mass is 10.1. The normalized spacial score (nSPS) is 16.1. The van der Waals surface area contributed by atoms with Gasteiger partial charge in [0, 0.05) is 13.1 Å². The van der Waals surface area contributed by atoms with Crippen LogP contribution in [0, 0.1) is 0 Å². The zero-order chi connectivity index (χ0) is 14.8. The first-order valence-electron chi connectivity index (χ1n) is 5.92. The molecule has 0 radical (unpaired) electrons. The Bertz CT molecular complexity index is 499. The molecule has 1 aliphatic rings. The van der Waals surface area contributed by atoms with Crippen LogP contribution in [0.2, 0.25) is 0 Å². The van der Waals surface area contributed by atoms with Gasteiger partial charge in [0.25, 0.3) is 0 Å². The van der Waals surface area contributed by atoms with Crippen LogP contribution >= 0.6 is 0 Å². The molecule has 1 amide bonds. The second kappa shape index (κ2) is 5.58. The van der Waals surface area contributed by atoms with Crippen molar-refractivity contribution in [1.82, 2.24) is 0 Å². The lowest BCUT2D eigenvalue weighted by Gasteiger charge is -2.30. The molecule has 110 valence electrons. The number of carboxylic acid groups (broad SMARTS) is 1. The van der Waals surface area contributed by atoms with E-state index in [4.69, 9.17) is 9.84 Å². The zero-order valence-corrected chi connectivity index (χ0v) is 10.4. The van der Waals surface area contributed by atoms with Crippen LogP contribution in [-0.2, 0) is 10.9 Å². The number of rotatable bonds is 2. The van der Waals surface area contributed by atoms with E-state index in [1.807, 2.05) is 5.32 Å². The number of halogens is 3. The van der Waals surface area contributed by atoms with Gasteiger partial charge in [-0.1, -0.05) is 0 Å². The van der Waals surface area contributed by atoms with Gasteiger partial charge in [0.1, 0.15) is 0 Å². The third-order valence-electron chi connectivity index (χ3n) is 2.92. The molecule has 1 heterocycles. The third kappa shape index (κ3) is 3.32. The van der Waals surface area contributed by atoms with E-state index in [9.17, 15) is 18.0 Å². The predicted molar refractivity (Wildman–Crippen MR) is 66.1 cm³/mol. The van der Waals surface area contributed by atoms with Crippen LogP contribution in [0.5, 0.6) is 0 Å².